The van der Waals surface area contributed by atoms with Gasteiger partial charge in [0, 0.05) is 58.0 Å². The highest BCUT2D eigenvalue weighted by Gasteiger charge is 2.40. The van der Waals surface area contributed by atoms with Crippen LogP contribution in [0.3, 0.4) is 0 Å². The van der Waals surface area contributed by atoms with E-state index >= 15 is 0 Å². The summed E-state index contributed by atoms with van der Waals surface area (Å²) in [5.74, 6) is -2.85. The molecular formula is C49H44F4N6O2. The third-order valence-electron chi connectivity index (χ3n) is 13.0. The van der Waals surface area contributed by atoms with Gasteiger partial charge in [0.15, 0.2) is 23.3 Å². The zero-order chi connectivity index (χ0) is 42.1. The van der Waals surface area contributed by atoms with Crippen molar-refractivity contribution in [3.63, 3.8) is 0 Å². The van der Waals surface area contributed by atoms with Crippen LogP contribution in [-0.2, 0) is 28.5 Å². The Bertz CT molecular complexity index is 2680. The number of aromatic amines is 2. The van der Waals surface area contributed by atoms with Crippen LogP contribution in [-0.4, -0.2) is 44.1 Å². The third kappa shape index (κ3) is 7.17. The highest BCUT2D eigenvalue weighted by atomic mass is 19.2. The second-order valence-corrected chi connectivity index (χ2v) is 16.3. The molecule has 0 saturated heterocycles. The SMILES string of the molecule is CON=C(c1n[nH]c2c1C=CC(c1ccccc1)(c1ccc(F)c(F)c1)C2)C1CCC1.ON=C(c1n[nH]c2c1C=CC(c1ccccc1)(c1ccc(F)c(F)c1)C2)C1CCC1. The number of benzene rings is 4. The molecule has 4 aliphatic carbocycles. The van der Waals surface area contributed by atoms with Crippen molar-refractivity contribution in [3.8, 4) is 0 Å². The second-order valence-electron chi connectivity index (χ2n) is 16.3. The van der Waals surface area contributed by atoms with Crippen LogP contribution in [0.1, 0.15) is 94.7 Å². The summed E-state index contributed by atoms with van der Waals surface area (Å²) in [5.41, 5.74) is 8.69. The summed E-state index contributed by atoms with van der Waals surface area (Å²) in [4.78, 5) is 5.11. The summed E-state index contributed by atoms with van der Waals surface area (Å²) in [5, 5.41) is 32.7. The van der Waals surface area contributed by atoms with E-state index in [1.807, 2.05) is 78.9 Å². The molecule has 4 aromatic carbocycles. The molecule has 2 fully saturated rings. The van der Waals surface area contributed by atoms with Crippen molar-refractivity contribution in [1.82, 2.24) is 20.4 Å². The fraction of sp³-hybridized carbons (Fsp3) is 0.265. The van der Waals surface area contributed by atoms with Gasteiger partial charge in [-0.15, -0.1) is 0 Å². The lowest BCUT2D eigenvalue weighted by Gasteiger charge is -2.34. The predicted molar refractivity (Wildman–Crippen MR) is 226 cm³/mol. The molecule has 0 spiro atoms. The van der Waals surface area contributed by atoms with Gasteiger partial charge in [0.2, 0.25) is 0 Å². The van der Waals surface area contributed by atoms with Crippen LogP contribution in [0.2, 0.25) is 0 Å². The summed E-state index contributed by atoms with van der Waals surface area (Å²) >= 11 is 0. The van der Waals surface area contributed by atoms with E-state index in [9.17, 15) is 22.8 Å². The first-order chi connectivity index (χ1) is 29.7. The fourth-order valence-corrected chi connectivity index (χ4v) is 9.16. The molecule has 6 aromatic rings. The Morgan fingerprint density at radius 2 is 1.05 bits per heavy atom. The van der Waals surface area contributed by atoms with E-state index in [2.05, 4.69) is 36.8 Å². The van der Waals surface area contributed by atoms with Gasteiger partial charge in [-0.05, 0) is 72.2 Å². The number of allylic oxidation sites excluding steroid dienone is 2. The van der Waals surface area contributed by atoms with Crippen LogP contribution >= 0.6 is 0 Å². The van der Waals surface area contributed by atoms with Gasteiger partial charge in [0.1, 0.15) is 29.9 Å². The number of aromatic nitrogens is 4. The molecule has 12 heteroatoms. The number of nitrogens with zero attached hydrogens (tertiary/aromatic N) is 4. The minimum atomic E-state index is -0.869. The first kappa shape index (κ1) is 39.9. The standard InChI is InChI=1S/C25H23F2N3O.C24H21F2N3O/c1-31-30-23(16-6-5-7-16)24-19-12-13-25(15-22(19)28-29-24,17-8-3-2-4-9-17)18-10-11-20(26)21(27)14-18;25-19-10-9-17(13-20(19)26)24(16-7-2-1-3-8-16)12-11-18-21(14-24)27-28-23(18)22(29-30)15-5-4-6-15/h2-4,8-14,16H,5-7,15H2,1H3,(H,28,29);1-3,7-13,15,30H,4-6,14H2,(H,27,28). The summed E-state index contributed by atoms with van der Waals surface area (Å²) in [6, 6.07) is 27.9. The Hall–Kier alpha value is -6.56. The predicted octanol–water partition coefficient (Wildman–Crippen LogP) is 10.6. The molecular weight excluding hydrogens is 781 g/mol. The summed E-state index contributed by atoms with van der Waals surface area (Å²) in [7, 11) is 1.55. The molecule has 10 rings (SSSR count). The molecule has 2 saturated carbocycles. The first-order valence-corrected chi connectivity index (χ1v) is 20.6. The molecule has 2 heterocycles. The van der Waals surface area contributed by atoms with Gasteiger partial charge < -0.3 is 10.0 Å². The van der Waals surface area contributed by atoms with Crippen molar-refractivity contribution in [1.29, 1.82) is 0 Å². The normalized spacial score (nSPS) is 21.1. The highest BCUT2D eigenvalue weighted by molar-refractivity contribution is 6.04. The van der Waals surface area contributed by atoms with E-state index in [0.717, 1.165) is 77.2 Å². The van der Waals surface area contributed by atoms with Crippen molar-refractivity contribution in [2.75, 3.05) is 7.11 Å². The molecule has 0 bridgehead atoms. The van der Waals surface area contributed by atoms with Gasteiger partial charge in [-0.3, -0.25) is 10.2 Å². The average molecular weight is 825 g/mol. The summed E-state index contributed by atoms with van der Waals surface area (Å²) < 4.78 is 55.6. The monoisotopic (exact) mass is 824 g/mol. The van der Waals surface area contributed by atoms with E-state index in [-0.39, 0.29) is 5.92 Å². The number of halogens is 4. The van der Waals surface area contributed by atoms with Gasteiger partial charge in [-0.25, -0.2) is 17.6 Å². The van der Waals surface area contributed by atoms with E-state index in [4.69, 9.17) is 4.84 Å². The molecule has 0 aliphatic heterocycles. The quantitative estimate of drug-likeness (QED) is 0.0583. The van der Waals surface area contributed by atoms with Gasteiger partial charge in [0.25, 0.3) is 0 Å². The Labute approximate surface area is 350 Å². The van der Waals surface area contributed by atoms with Crippen LogP contribution in [0.15, 0.2) is 120 Å². The number of H-pyrrole nitrogens is 2. The zero-order valence-electron chi connectivity index (χ0n) is 33.5. The van der Waals surface area contributed by atoms with E-state index in [1.165, 1.54) is 30.7 Å². The fourth-order valence-electron chi connectivity index (χ4n) is 9.16. The van der Waals surface area contributed by atoms with Gasteiger partial charge in [-0.2, -0.15) is 10.2 Å². The molecule has 8 nitrogen and oxygen atoms in total. The minimum absolute atomic E-state index is 0.225. The lowest BCUT2D eigenvalue weighted by Crippen LogP contribution is -2.31. The Morgan fingerprint density at radius 3 is 1.44 bits per heavy atom. The largest absolute Gasteiger partial charge is 0.411 e. The number of nitrogens with one attached hydrogen (secondary N) is 2. The maximum Gasteiger partial charge on any atom is 0.159 e. The van der Waals surface area contributed by atoms with E-state index in [0.29, 0.717) is 41.3 Å². The van der Waals surface area contributed by atoms with Crippen LogP contribution in [0.5, 0.6) is 0 Å². The van der Waals surface area contributed by atoms with Crippen LogP contribution < -0.4 is 0 Å². The Balaban J connectivity index is 0.000000156. The van der Waals surface area contributed by atoms with Crippen molar-refractivity contribution >= 4 is 23.6 Å². The average Bonchev–Trinajstić information content (AvgIpc) is 3.87. The molecule has 3 N–H and O–H groups in total. The molecule has 61 heavy (non-hydrogen) atoms. The number of rotatable bonds is 9. The smallest absolute Gasteiger partial charge is 0.159 e. The van der Waals surface area contributed by atoms with Crippen molar-refractivity contribution in [2.45, 2.75) is 62.2 Å². The van der Waals surface area contributed by atoms with Gasteiger partial charge in [0.05, 0.1) is 0 Å². The van der Waals surface area contributed by atoms with Crippen molar-refractivity contribution in [3.05, 3.63) is 189 Å². The van der Waals surface area contributed by atoms with E-state index in [1.54, 1.807) is 19.2 Å². The molecule has 310 valence electrons. The lowest BCUT2D eigenvalue weighted by molar-refractivity contribution is 0.208. The van der Waals surface area contributed by atoms with E-state index < -0.39 is 34.1 Å². The Morgan fingerprint density at radius 1 is 0.607 bits per heavy atom. The van der Waals surface area contributed by atoms with Crippen LogP contribution in [0.4, 0.5) is 17.6 Å². The van der Waals surface area contributed by atoms with Gasteiger partial charge >= 0.3 is 0 Å². The number of hydrogen-bond donors (Lipinski definition) is 3. The molecule has 2 atom stereocenters. The number of fused-ring (bicyclic) bond motifs is 2. The molecule has 2 aromatic heterocycles. The third-order valence-corrected chi connectivity index (χ3v) is 13.0. The number of oxime groups is 2. The Kier molecular flexibility index (Phi) is 10.8. The van der Waals surface area contributed by atoms with Crippen molar-refractivity contribution < 1.29 is 27.6 Å². The lowest BCUT2D eigenvalue weighted by atomic mass is 9.68. The summed E-state index contributed by atoms with van der Waals surface area (Å²) in [6.07, 6.45) is 15.6. The van der Waals surface area contributed by atoms with Gasteiger partial charge in [-0.1, -0.05) is 120 Å². The maximum absolute atomic E-state index is 14.2. The number of hydrogen-bond acceptors (Lipinski definition) is 6. The minimum Gasteiger partial charge on any atom is -0.411 e. The second kappa shape index (κ2) is 16.5. The summed E-state index contributed by atoms with van der Waals surface area (Å²) in [6.45, 7) is 0. The van der Waals surface area contributed by atoms with Crippen molar-refractivity contribution in [2.24, 2.45) is 22.1 Å². The van der Waals surface area contributed by atoms with Crippen LogP contribution in [0.25, 0.3) is 12.2 Å². The molecule has 4 aliphatic rings. The zero-order valence-corrected chi connectivity index (χ0v) is 33.5. The maximum atomic E-state index is 14.2. The van der Waals surface area contributed by atoms with Crippen LogP contribution in [0, 0.1) is 35.1 Å². The molecule has 0 radical (unpaired) electrons. The molecule has 2 unspecified atom stereocenters. The molecule has 0 amide bonds. The highest BCUT2D eigenvalue weighted by Crippen LogP contribution is 2.45. The topological polar surface area (TPSA) is 112 Å². The first-order valence-electron chi connectivity index (χ1n) is 20.6.